The minimum Gasteiger partial charge on any atom is -0.489 e. The monoisotopic (exact) mass is 223 g/mol. The van der Waals surface area contributed by atoms with Gasteiger partial charge in [-0.2, -0.15) is 5.10 Å². The van der Waals surface area contributed by atoms with Crippen LogP contribution >= 0.6 is 0 Å². The molecule has 4 heteroatoms. The van der Waals surface area contributed by atoms with E-state index in [-0.39, 0.29) is 0 Å². The Morgan fingerprint density at radius 3 is 2.88 bits per heavy atom. The molecule has 0 atom stereocenters. The summed E-state index contributed by atoms with van der Waals surface area (Å²) in [5, 5.41) is 4.37. The first-order chi connectivity index (χ1) is 7.75. The summed E-state index contributed by atoms with van der Waals surface area (Å²) >= 11 is 0. The summed E-state index contributed by atoms with van der Waals surface area (Å²) in [5.74, 6) is 0.897. The Balaban J connectivity index is 1.82. The molecule has 1 aliphatic carbocycles. The molecule has 0 N–H and O–H groups in total. The van der Waals surface area contributed by atoms with E-state index < -0.39 is 0 Å². The number of ether oxygens (including phenoxy) is 1. The van der Waals surface area contributed by atoms with Crippen molar-refractivity contribution in [3.63, 3.8) is 0 Å². The van der Waals surface area contributed by atoms with E-state index in [0.717, 1.165) is 18.9 Å². The molecule has 0 aliphatic heterocycles. The van der Waals surface area contributed by atoms with Crippen molar-refractivity contribution in [2.75, 3.05) is 27.2 Å². The van der Waals surface area contributed by atoms with Crippen molar-refractivity contribution in [1.82, 2.24) is 14.7 Å². The SMILES string of the molecule is CN(C)CCOc1cnn(C2CCCC2)c1. The van der Waals surface area contributed by atoms with Crippen molar-refractivity contribution in [2.45, 2.75) is 31.7 Å². The standard InChI is InChI=1S/C12H21N3O/c1-14(2)7-8-16-12-9-13-15(10-12)11-5-3-4-6-11/h9-11H,3-8H2,1-2H3. The minimum absolute atomic E-state index is 0.603. The summed E-state index contributed by atoms with van der Waals surface area (Å²) in [5.41, 5.74) is 0. The third-order valence-corrected chi connectivity index (χ3v) is 3.08. The van der Waals surface area contributed by atoms with Crippen LogP contribution in [0.3, 0.4) is 0 Å². The average Bonchev–Trinajstić information content (AvgIpc) is 2.85. The second-order valence-electron chi connectivity index (χ2n) is 4.75. The van der Waals surface area contributed by atoms with Crippen LogP contribution in [0, 0.1) is 0 Å². The Labute approximate surface area is 97.2 Å². The molecule has 0 aromatic carbocycles. The maximum Gasteiger partial charge on any atom is 0.157 e. The van der Waals surface area contributed by atoms with E-state index in [1.807, 2.05) is 26.5 Å². The molecule has 1 aromatic heterocycles. The topological polar surface area (TPSA) is 30.3 Å². The van der Waals surface area contributed by atoms with Gasteiger partial charge in [0, 0.05) is 6.54 Å². The van der Waals surface area contributed by atoms with E-state index in [0.29, 0.717) is 6.04 Å². The maximum absolute atomic E-state index is 5.63. The van der Waals surface area contributed by atoms with Crippen LogP contribution in [0.1, 0.15) is 31.7 Å². The van der Waals surface area contributed by atoms with E-state index in [1.165, 1.54) is 25.7 Å². The van der Waals surface area contributed by atoms with E-state index in [9.17, 15) is 0 Å². The first kappa shape index (κ1) is 11.5. The molecule has 0 radical (unpaired) electrons. The molecule has 16 heavy (non-hydrogen) atoms. The normalized spacial score (nSPS) is 17.2. The fourth-order valence-corrected chi connectivity index (χ4v) is 2.11. The van der Waals surface area contributed by atoms with E-state index >= 15 is 0 Å². The van der Waals surface area contributed by atoms with Gasteiger partial charge in [0.25, 0.3) is 0 Å². The summed E-state index contributed by atoms with van der Waals surface area (Å²) < 4.78 is 7.70. The number of aromatic nitrogens is 2. The number of nitrogens with zero attached hydrogens (tertiary/aromatic N) is 3. The molecule has 90 valence electrons. The zero-order chi connectivity index (χ0) is 11.4. The molecule has 1 saturated carbocycles. The van der Waals surface area contributed by atoms with Crippen LogP contribution in [-0.2, 0) is 0 Å². The van der Waals surface area contributed by atoms with Crippen LogP contribution in [0.25, 0.3) is 0 Å². The summed E-state index contributed by atoms with van der Waals surface area (Å²) in [7, 11) is 4.09. The van der Waals surface area contributed by atoms with E-state index in [4.69, 9.17) is 4.74 Å². The molecule has 0 spiro atoms. The van der Waals surface area contributed by atoms with Crippen LogP contribution in [0.5, 0.6) is 5.75 Å². The van der Waals surface area contributed by atoms with Gasteiger partial charge in [-0.3, -0.25) is 4.68 Å². The van der Waals surface area contributed by atoms with Crippen molar-refractivity contribution >= 4 is 0 Å². The van der Waals surface area contributed by atoms with Gasteiger partial charge in [0.2, 0.25) is 0 Å². The highest BCUT2D eigenvalue weighted by Crippen LogP contribution is 2.29. The van der Waals surface area contributed by atoms with Crippen molar-refractivity contribution in [3.8, 4) is 5.75 Å². The van der Waals surface area contributed by atoms with Gasteiger partial charge in [0.15, 0.2) is 5.75 Å². The summed E-state index contributed by atoms with van der Waals surface area (Å²) in [6, 6.07) is 0.603. The highest BCUT2D eigenvalue weighted by molar-refractivity contribution is 5.12. The number of rotatable bonds is 5. The fourth-order valence-electron chi connectivity index (χ4n) is 2.11. The summed E-state index contributed by atoms with van der Waals surface area (Å²) in [6.45, 7) is 1.66. The summed E-state index contributed by atoms with van der Waals surface area (Å²) in [6.07, 6.45) is 9.06. The van der Waals surface area contributed by atoms with E-state index in [2.05, 4.69) is 14.7 Å². The zero-order valence-electron chi connectivity index (χ0n) is 10.2. The molecule has 0 saturated heterocycles. The van der Waals surface area contributed by atoms with Crippen LogP contribution < -0.4 is 4.74 Å². The van der Waals surface area contributed by atoms with Crippen molar-refractivity contribution < 1.29 is 4.74 Å². The molecule has 1 fully saturated rings. The number of likely N-dealkylation sites (N-methyl/N-ethyl adjacent to an activating group) is 1. The van der Waals surface area contributed by atoms with Gasteiger partial charge in [-0.15, -0.1) is 0 Å². The smallest absolute Gasteiger partial charge is 0.157 e. The Morgan fingerprint density at radius 2 is 2.19 bits per heavy atom. The predicted molar refractivity (Wildman–Crippen MR) is 63.8 cm³/mol. The van der Waals surface area contributed by atoms with Gasteiger partial charge in [-0.05, 0) is 26.9 Å². The molecule has 0 unspecified atom stereocenters. The quantitative estimate of drug-likeness (QED) is 0.764. The molecule has 1 heterocycles. The Kier molecular flexibility index (Phi) is 3.83. The predicted octanol–water partition coefficient (Wildman–Crippen LogP) is 1.94. The molecule has 4 nitrogen and oxygen atoms in total. The molecule has 2 rings (SSSR count). The van der Waals surface area contributed by atoms with Gasteiger partial charge in [0.1, 0.15) is 6.61 Å². The van der Waals surface area contributed by atoms with Gasteiger partial charge < -0.3 is 9.64 Å². The Morgan fingerprint density at radius 1 is 1.44 bits per heavy atom. The molecular formula is C12H21N3O. The molecule has 0 bridgehead atoms. The lowest BCUT2D eigenvalue weighted by Crippen LogP contribution is -2.19. The van der Waals surface area contributed by atoms with Crippen molar-refractivity contribution in [2.24, 2.45) is 0 Å². The highest BCUT2D eigenvalue weighted by Gasteiger charge is 2.17. The average molecular weight is 223 g/mol. The lowest BCUT2D eigenvalue weighted by molar-refractivity contribution is 0.261. The van der Waals surface area contributed by atoms with Crippen molar-refractivity contribution in [1.29, 1.82) is 0 Å². The molecular weight excluding hydrogens is 202 g/mol. The van der Waals surface area contributed by atoms with Crippen LogP contribution in [0.4, 0.5) is 0 Å². The van der Waals surface area contributed by atoms with Crippen LogP contribution in [-0.4, -0.2) is 41.9 Å². The van der Waals surface area contributed by atoms with Gasteiger partial charge in [-0.1, -0.05) is 12.8 Å². The first-order valence-corrected chi connectivity index (χ1v) is 6.07. The van der Waals surface area contributed by atoms with Gasteiger partial charge in [0.05, 0.1) is 18.4 Å². The minimum atomic E-state index is 0.603. The summed E-state index contributed by atoms with van der Waals surface area (Å²) in [4.78, 5) is 2.11. The number of hydrogen-bond donors (Lipinski definition) is 0. The first-order valence-electron chi connectivity index (χ1n) is 6.07. The fraction of sp³-hybridized carbons (Fsp3) is 0.750. The maximum atomic E-state index is 5.63. The third kappa shape index (κ3) is 2.98. The molecule has 0 amide bonds. The lowest BCUT2D eigenvalue weighted by atomic mass is 10.3. The second-order valence-corrected chi connectivity index (χ2v) is 4.75. The van der Waals surface area contributed by atoms with Crippen LogP contribution in [0.2, 0.25) is 0 Å². The molecule has 1 aliphatic rings. The lowest BCUT2D eigenvalue weighted by Gasteiger charge is -2.10. The zero-order valence-corrected chi connectivity index (χ0v) is 10.2. The Bertz CT molecular complexity index is 316. The van der Waals surface area contributed by atoms with Gasteiger partial charge in [-0.25, -0.2) is 0 Å². The van der Waals surface area contributed by atoms with Crippen LogP contribution in [0.15, 0.2) is 12.4 Å². The molecule has 1 aromatic rings. The Hall–Kier alpha value is -1.03. The highest BCUT2D eigenvalue weighted by atomic mass is 16.5. The van der Waals surface area contributed by atoms with Gasteiger partial charge >= 0.3 is 0 Å². The second kappa shape index (κ2) is 5.34. The largest absolute Gasteiger partial charge is 0.489 e. The van der Waals surface area contributed by atoms with E-state index in [1.54, 1.807) is 0 Å². The number of hydrogen-bond acceptors (Lipinski definition) is 3. The third-order valence-electron chi connectivity index (χ3n) is 3.08. The van der Waals surface area contributed by atoms with Crippen molar-refractivity contribution in [3.05, 3.63) is 12.4 Å².